The fourth-order valence-electron chi connectivity index (χ4n) is 2.18. The summed E-state index contributed by atoms with van der Waals surface area (Å²) in [6, 6.07) is 4.16. The van der Waals surface area contributed by atoms with Crippen LogP contribution in [0.4, 0.5) is 10.1 Å². The lowest BCUT2D eigenvalue weighted by Crippen LogP contribution is -2.40. The first-order valence-electron chi connectivity index (χ1n) is 9.48. The van der Waals surface area contributed by atoms with Gasteiger partial charge in [0.25, 0.3) is 10.0 Å². The molecule has 33 heavy (non-hydrogen) atoms. The van der Waals surface area contributed by atoms with Gasteiger partial charge in [0.15, 0.2) is 10.7 Å². The van der Waals surface area contributed by atoms with Gasteiger partial charge in [0.1, 0.15) is 5.82 Å². The van der Waals surface area contributed by atoms with Crippen molar-refractivity contribution in [2.75, 3.05) is 43.6 Å². The topological polar surface area (TPSA) is 163 Å². The van der Waals surface area contributed by atoms with Crippen LogP contribution in [-0.2, 0) is 14.8 Å². The molecule has 12 nitrogen and oxygen atoms in total. The lowest BCUT2D eigenvalue weighted by atomic mass is 10.3. The van der Waals surface area contributed by atoms with E-state index < -0.39 is 15.8 Å². The van der Waals surface area contributed by atoms with E-state index in [-0.39, 0.29) is 27.7 Å². The highest BCUT2D eigenvalue weighted by molar-refractivity contribution is 9.10. The highest BCUT2D eigenvalue weighted by atomic mass is 79.9. The number of oxime groups is 1. The van der Waals surface area contributed by atoms with Crippen LogP contribution in [0.15, 0.2) is 41.9 Å². The van der Waals surface area contributed by atoms with E-state index in [1.54, 1.807) is 0 Å². The van der Waals surface area contributed by atoms with E-state index in [0.717, 1.165) is 0 Å². The molecule has 1 aromatic carbocycles. The van der Waals surface area contributed by atoms with Crippen LogP contribution in [-0.4, -0.2) is 74.0 Å². The van der Waals surface area contributed by atoms with Gasteiger partial charge in [-0.3, -0.25) is 0 Å². The standard InChI is InChI=1S/C17H23BrFN7O5S2/c1-3-33(28,29)26-17(20-6-8-30-2)21-7-9-32-16-14(24-31-25-16)15(23-27)22-11-4-5-13(19)12(18)10-11/h4-5,10,27H,3,6-9H2,1-2H3,(H,22,23)(H2,20,21,26). The summed E-state index contributed by atoms with van der Waals surface area (Å²) in [5.74, 6) is -0.106. The SMILES string of the molecule is CCS(=O)(=O)/N=C(\NCCOC)NCCSc1nonc1/C(=N/O)Nc1ccc(F)c(Br)c1. The molecular formula is C17H23BrFN7O5S2. The second kappa shape index (κ2) is 13.3. The van der Waals surface area contributed by atoms with Crippen LogP contribution >= 0.6 is 27.7 Å². The summed E-state index contributed by atoms with van der Waals surface area (Å²) in [7, 11) is -2.06. The molecule has 182 valence electrons. The minimum Gasteiger partial charge on any atom is -0.409 e. The number of amidine groups is 1. The average Bonchev–Trinajstić information content (AvgIpc) is 3.25. The zero-order valence-electron chi connectivity index (χ0n) is 17.7. The summed E-state index contributed by atoms with van der Waals surface area (Å²) < 4.78 is 50.7. The third-order valence-electron chi connectivity index (χ3n) is 3.79. The summed E-state index contributed by atoms with van der Waals surface area (Å²) in [6.07, 6.45) is 0. The predicted molar refractivity (Wildman–Crippen MR) is 126 cm³/mol. The predicted octanol–water partition coefficient (Wildman–Crippen LogP) is 1.84. The van der Waals surface area contributed by atoms with Gasteiger partial charge in [-0.1, -0.05) is 16.9 Å². The van der Waals surface area contributed by atoms with E-state index in [9.17, 15) is 18.0 Å². The van der Waals surface area contributed by atoms with Gasteiger partial charge in [-0.15, -0.1) is 4.40 Å². The quantitative estimate of drug-likeness (QED) is 0.0781. The molecule has 0 spiro atoms. The minimum absolute atomic E-state index is 0.0530. The van der Waals surface area contributed by atoms with E-state index in [4.69, 9.17) is 9.37 Å². The Kier molecular flexibility index (Phi) is 10.8. The number of thioether (sulfide) groups is 1. The molecule has 0 bridgehead atoms. The number of benzene rings is 1. The summed E-state index contributed by atoms with van der Waals surface area (Å²) in [5.41, 5.74) is 0.584. The first-order valence-corrected chi connectivity index (χ1v) is 12.9. The Morgan fingerprint density at radius 1 is 1.33 bits per heavy atom. The van der Waals surface area contributed by atoms with Crippen LogP contribution < -0.4 is 16.0 Å². The van der Waals surface area contributed by atoms with Crippen molar-refractivity contribution in [2.45, 2.75) is 11.9 Å². The minimum atomic E-state index is -3.59. The number of nitrogens with one attached hydrogen (secondary N) is 3. The van der Waals surface area contributed by atoms with E-state index >= 15 is 0 Å². The van der Waals surface area contributed by atoms with Crippen LogP contribution in [0, 0.1) is 5.82 Å². The number of aromatic nitrogens is 2. The molecule has 4 N–H and O–H groups in total. The first kappa shape index (κ1) is 26.8. The van der Waals surface area contributed by atoms with Crippen molar-refractivity contribution in [1.82, 2.24) is 20.9 Å². The largest absolute Gasteiger partial charge is 0.409 e. The van der Waals surface area contributed by atoms with Crippen molar-refractivity contribution in [1.29, 1.82) is 0 Å². The zero-order chi connectivity index (χ0) is 24.3. The number of methoxy groups -OCH3 is 1. The highest BCUT2D eigenvalue weighted by Crippen LogP contribution is 2.23. The Bertz CT molecular complexity index is 1080. The molecule has 0 unspecified atom stereocenters. The van der Waals surface area contributed by atoms with Crippen LogP contribution in [0.5, 0.6) is 0 Å². The van der Waals surface area contributed by atoms with Crippen LogP contribution in [0.3, 0.4) is 0 Å². The van der Waals surface area contributed by atoms with Gasteiger partial charge < -0.3 is 25.9 Å². The van der Waals surface area contributed by atoms with Gasteiger partial charge in [0.2, 0.25) is 11.8 Å². The Hall–Kier alpha value is -2.43. The molecule has 16 heteroatoms. The Balaban J connectivity index is 1.99. The Labute approximate surface area is 202 Å². The third-order valence-corrected chi connectivity index (χ3v) is 6.54. The number of sulfonamides is 1. The first-order chi connectivity index (χ1) is 15.8. The van der Waals surface area contributed by atoms with Crippen LogP contribution in [0.1, 0.15) is 12.6 Å². The number of guanidine groups is 1. The Morgan fingerprint density at radius 3 is 2.76 bits per heavy atom. The van der Waals surface area contributed by atoms with Gasteiger partial charge in [0.05, 0.1) is 16.8 Å². The van der Waals surface area contributed by atoms with Crippen molar-refractivity contribution in [3.05, 3.63) is 34.2 Å². The number of hydrogen-bond acceptors (Lipinski definition) is 9. The second-order valence-corrected chi connectivity index (χ2v) is 9.99. The maximum atomic E-state index is 13.4. The molecule has 0 aliphatic carbocycles. The summed E-state index contributed by atoms with van der Waals surface area (Å²) >= 11 is 4.30. The van der Waals surface area contributed by atoms with E-state index in [2.05, 4.69) is 51.7 Å². The van der Waals surface area contributed by atoms with E-state index in [1.807, 2.05) is 0 Å². The fourth-order valence-corrected chi connectivity index (χ4v) is 3.85. The zero-order valence-corrected chi connectivity index (χ0v) is 20.9. The van der Waals surface area contributed by atoms with Gasteiger partial charge >= 0.3 is 0 Å². The second-order valence-electron chi connectivity index (χ2n) is 6.13. The molecule has 0 aliphatic heterocycles. The van der Waals surface area contributed by atoms with Gasteiger partial charge in [-0.05, 0) is 51.4 Å². The van der Waals surface area contributed by atoms with Crippen molar-refractivity contribution in [3.63, 3.8) is 0 Å². The molecule has 0 radical (unpaired) electrons. The normalized spacial score (nSPS) is 12.6. The lowest BCUT2D eigenvalue weighted by Gasteiger charge is -2.11. The molecule has 1 heterocycles. The van der Waals surface area contributed by atoms with E-state index in [0.29, 0.717) is 36.2 Å². The number of halogens is 2. The summed E-state index contributed by atoms with van der Waals surface area (Å²) in [4.78, 5) is 0. The average molecular weight is 568 g/mol. The molecule has 1 aromatic heterocycles. The molecule has 0 fully saturated rings. The molecule has 2 rings (SSSR count). The Morgan fingerprint density at radius 2 is 2.09 bits per heavy atom. The maximum Gasteiger partial charge on any atom is 0.256 e. The fraction of sp³-hybridized carbons (Fsp3) is 0.412. The number of nitrogens with zero attached hydrogens (tertiary/aromatic N) is 4. The summed E-state index contributed by atoms with van der Waals surface area (Å²) in [5, 5.41) is 29.1. The molecular weight excluding hydrogens is 545 g/mol. The molecule has 0 amide bonds. The molecule has 0 saturated heterocycles. The van der Waals surface area contributed by atoms with Crippen molar-refractivity contribution >= 4 is 55.2 Å². The summed E-state index contributed by atoms with van der Waals surface area (Å²) in [6.45, 7) is 2.56. The monoisotopic (exact) mass is 567 g/mol. The highest BCUT2D eigenvalue weighted by Gasteiger charge is 2.18. The number of anilines is 1. The van der Waals surface area contributed by atoms with E-state index in [1.165, 1.54) is 44.0 Å². The van der Waals surface area contributed by atoms with Crippen molar-refractivity contribution in [3.8, 4) is 0 Å². The number of hydrogen-bond donors (Lipinski definition) is 4. The van der Waals surface area contributed by atoms with Gasteiger partial charge in [0, 0.05) is 31.6 Å². The molecule has 0 aliphatic rings. The van der Waals surface area contributed by atoms with Crippen molar-refractivity contribution in [2.24, 2.45) is 9.55 Å². The van der Waals surface area contributed by atoms with Crippen LogP contribution in [0.2, 0.25) is 0 Å². The molecule has 0 saturated carbocycles. The van der Waals surface area contributed by atoms with Crippen molar-refractivity contribution < 1.29 is 27.4 Å². The number of ether oxygens (including phenoxy) is 1. The van der Waals surface area contributed by atoms with Crippen LogP contribution in [0.25, 0.3) is 0 Å². The smallest absolute Gasteiger partial charge is 0.256 e. The molecule has 0 atom stereocenters. The third kappa shape index (κ3) is 8.79. The molecule has 2 aromatic rings. The van der Waals surface area contributed by atoms with Gasteiger partial charge in [-0.25, -0.2) is 17.4 Å². The number of rotatable bonds is 11. The van der Waals surface area contributed by atoms with Gasteiger partial charge in [-0.2, -0.15) is 0 Å². The lowest BCUT2D eigenvalue weighted by molar-refractivity contribution is 0.203. The maximum absolute atomic E-state index is 13.4.